The van der Waals surface area contributed by atoms with E-state index in [9.17, 15) is 9.18 Å². The minimum Gasteiger partial charge on any atom is -0.492 e. The number of hydrogen-bond acceptors (Lipinski definition) is 2. The average molecular weight is 261 g/mol. The highest BCUT2D eigenvalue weighted by molar-refractivity contribution is 9.10. The van der Waals surface area contributed by atoms with E-state index in [4.69, 9.17) is 4.74 Å². The van der Waals surface area contributed by atoms with Gasteiger partial charge in [-0.15, -0.1) is 0 Å². The normalized spacial score (nSPS) is 9.93. The second-order valence-electron chi connectivity index (χ2n) is 2.65. The van der Waals surface area contributed by atoms with Crippen molar-refractivity contribution in [2.24, 2.45) is 0 Å². The van der Waals surface area contributed by atoms with Gasteiger partial charge in [-0.1, -0.05) is 6.07 Å². The number of carbonyl (C=O) groups is 1. The summed E-state index contributed by atoms with van der Waals surface area (Å²) in [5.74, 6) is 0.0303. The second kappa shape index (κ2) is 5.10. The Balaban J connectivity index is 3.14. The molecule has 2 nitrogen and oxygen atoms in total. The Hall–Kier alpha value is -0.900. The lowest BCUT2D eigenvalue weighted by Crippen LogP contribution is -1.99. The van der Waals surface area contributed by atoms with Crippen LogP contribution in [0.3, 0.4) is 0 Å². The molecule has 1 rings (SSSR count). The molecule has 0 aliphatic rings. The van der Waals surface area contributed by atoms with Gasteiger partial charge >= 0.3 is 0 Å². The van der Waals surface area contributed by atoms with Gasteiger partial charge in [-0.2, -0.15) is 0 Å². The topological polar surface area (TPSA) is 26.3 Å². The van der Waals surface area contributed by atoms with Crippen molar-refractivity contribution >= 4 is 22.2 Å². The molecule has 0 saturated carbocycles. The summed E-state index contributed by atoms with van der Waals surface area (Å²) in [5, 5.41) is 0. The van der Waals surface area contributed by atoms with Gasteiger partial charge in [0.15, 0.2) is 0 Å². The molecule has 4 heteroatoms. The first-order valence-electron chi connectivity index (χ1n) is 4.24. The highest BCUT2D eigenvalue weighted by Crippen LogP contribution is 2.31. The van der Waals surface area contributed by atoms with Crippen molar-refractivity contribution in [3.8, 4) is 5.75 Å². The first-order chi connectivity index (χ1) is 6.70. The quantitative estimate of drug-likeness (QED) is 0.779. The maximum atomic E-state index is 13.1. The maximum absolute atomic E-state index is 13.1. The average Bonchev–Trinajstić information content (AvgIpc) is 2.18. The van der Waals surface area contributed by atoms with Gasteiger partial charge < -0.3 is 9.53 Å². The number of benzene rings is 1. The fourth-order valence-corrected chi connectivity index (χ4v) is 1.62. The molecule has 14 heavy (non-hydrogen) atoms. The van der Waals surface area contributed by atoms with Crippen LogP contribution < -0.4 is 4.74 Å². The number of carbonyl (C=O) groups excluding carboxylic acids is 1. The number of hydrogen-bond donors (Lipinski definition) is 0. The first-order valence-corrected chi connectivity index (χ1v) is 5.03. The fourth-order valence-electron chi connectivity index (χ4n) is 1.12. The minimum absolute atomic E-state index is 0.230. The van der Waals surface area contributed by atoms with Gasteiger partial charge in [-0.25, -0.2) is 4.39 Å². The molecule has 0 amide bonds. The standard InChI is InChI=1S/C10H10BrFO2/c1-2-14-10-7(5-6-13)3-4-8(12)9(10)11/h3-4,6H,2,5H2,1H3. The third kappa shape index (κ3) is 2.32. The molecular formula is C10H10BrFO2. The Morgan fingerprint density at radius 2 is 2.29 bits per heavy atom. The lowest BCUT2D eigenvalue weighted by atomic mass is 10.1. The highest BCUT2D eigenvalue weighted by Gasteiger charge is 2.11. The lowest BCUT2D eigenvalue weighted by molar-refractivity contribution is -0.107. The Bertz CT molecular complexity index is 339. The van der Waals surface area contributed by atoms with Gasteiger partial charge in [-0.3, -0.25) is 0 Å². The van der Waals surface area contributed by atoms with Gasteiger partial charge in [-0.05, 0) is 28.9 Å². The van der Waals surface area contributed by atoms with E-state index in [1.54, 1.807) is 6.07 Å². The molecule has 0 atom stereocenters. The van der Waals surface area contributed by atoms with Gasteiger partial charge in [0.25, 0.3) is 0 Å². The summed E-state index contributed by atoms with van der Waals surface area (Å²) in [4.78, 5) is 10.4. The molecule has 0 aromatic heterocycles. The van der Waals surface area contributed by atoms with Gasteiger partial charge in [0.05, 0.1) is 11.1 Å². The van der Waals surface area contributed by atoms with Crippen LogP contribution in [-0.4, -0.2) is 12.9 Å². The van der Waals surface area contributed by atoms with Crippen molar-refractivity contribution < 1.29 is 13.9 Å². The van der Waals surface area contributed by atoms with E-state index >= 15 is 0 Å². The molecule has 0 spiro atoms. The minimum atomic E-state index is -0.386. The summed E-state index contributed by atoms with van der Waals surface area (Å²) in [7, 11) is 0. The van der Waals surface area contributed by atoms with Crippen LogP contribution in [0.2, 0.25) is 0 Å². The summed E-state index contributed by atoms with van der Waals surface area (Å²) >= 11 is 3.09. The summed E-state index contributed by atoms with van der Waals surface area (Å²) in [5.41, 5.74) is 0.690. The van der Waals surface area contributed by atoms with E-state index in [1.807, 2.05) is 6.92 Å². The predicted molar refractivity (Wildman–Crippen MR) is 55.0 cm³/mol. The van der Waals surface area contributed by atoms with Crippen LogP contribution in [0, 0.1) is 5.82 Å². The van der Waals surface area contributed by atoms with E-state index in [2.05, 4.69) is 15.9 Å². The van der Waals surface area contributed by atoms with Crippen molar-refractivity contribution in [2.45, 2.75) is 13.3 Å². The van der Waals surface area contributed by atoms with Gasteiger partial charge in [0.2, 0.25) is 0 Å². The van der Waals surface area contributed by atoms with Crippen molar-refractivity contribution in [3.63, 3.8) is 0 Å². The molecule has 0 heterocycles. The van der Waals surface area contributed by atoms with Crippen LogP contribution in [0.4, 0.5) is 4.39 Å². The highest BCUT2D eigenvalue weighted by atomic mass is 79.9. The number of halogens is 2. The molecule has 76 valence electrons. The lowest BCUT2D eigenvalue weighted by Gasteiger charge is -2.10. The summed E-state index contributed by atoms with van der Waals surface area (Å²) < 4.78 is 18.6. The second-order valence-corrected chi connectivity index (χ2v) is 3.45. The van der Waals surface area contributed by atoms with E-state index in [0.717, 1.165) is 6.29 Å². The smallest absolute Gasteiger partial charge is 0.141 e. The molecule has 0 N–H and O–H groups in total. The van der Waals surface area contributed by atoms with Crippen LogP contribution in [0.5, 0.6) is 5.75 Å². The summed E-state index contributed by atoms with van der Waals surface area (Å²) in [6.07, 6.45) is 0.996. The largest absolute Gasteiger partial charge is 0.492 e. The van der Waals surface area contributed by atoms with Crippen molar-refractivity contribution in [2.75, 3.05) is 6.61 Å². The molecule has 0 bridgehead atoms. The van der Waals surface area contributed by atoms with Crippen LogP contribution >= 0.6 is 15.9 Å². The Kier molecular flexibility index (Phi) is 4.07. The van der Waals surface area contributed by atoms with Gasteiger partial charge in [0.1, 0.15) is 17.9 Å². The van der Waals surface area contributed by atoms with Gasteiger partial charge in [0, 0.05) is 12.0 Å². The molecule has 0 aliphatic heterocycles. The molecule has 0 aliphatic carbocycles. The zero-order chi connectivity index (χ0) is 10.6. The summed E-state index contributed by atoms with van der Waals surface area (Å²) in [6, 6.07) is 2.87. The molecule has 1 aromatic rings. The molecule has 0 unspecified atom stereocenters. The van der Waals surface area contributed by atoms with E-state index < -0.39 is 0 Å². The Labute approximate surface area is 90.2 Å². The number of aldehydes is 1. The van der Waals surface area contributed by atoms with E-state index in [-0.39, 0.29) is 16.7 Å². The first kappa shape index (κ1) is 11.2. The van der Waals surface area contributed by atoms with E-state index in [1.165, 1.54) is 6.07 Å². The molecule has 0 radical (unpaired) electrons. The van der Waals surface area contributed by atoms with E-state index in [0.29, 0.717) is 17.9 Å². The van der Waals surface area contributed by atoms with Crippen LogP contribution in [0.15, 0.2) is 16.6 Å². The monoisotopic (exact) mass is 260 g/mol. The molecule has 0 fully saturated rings. The molecular weight excluding hydrogens is 251 g/mol. The Morgan fingerprint density at radius 1 is 1.57 bits per heavy atom. The van der Waals surface area contributed by atoms with Crippen molar-refractivity contribution in [1.29, 1.82) is 0 Å². The molecule has 1 aromatic carbocycles. The van der Waals surface area contributed by atoms with Crippen LogP contribution in [-0.2, 0) is 11.2 Å². The Morgan fingerprint density at radius 3 is 2.86 bits per heavy atom. The zero-order valence-electron chi connectivity index (χ0n) is 7.72. The SMILES string of the molecule is CCOc1c(CC=O)ccc(F)c1Br. The van der Waals surface area contributed by atoms with Crippen molar-refractivity contribution in [3.05, 3.63) is 28.0 Å². The third-order valence-electron chi connectivity index (χ3n) is 1.72. The third-order valence-corrected chi connectivity index (χ3v) is 2.46. The molecule has 0 saturated heterocycles. The number of ether oxygens (including phenoxy) is 1. The fraction of sp³-hybridized carbons (Fsp3) is 0.300. The van der Waals surface area contributed by atoms with Crippen LogP contribution in [0.1, 0.15) is 12.5 Å². The predicted octanol–water partition coefficient (Wildman–Crippen LogP) is 2.73. The van der Waals surface area contributed by atoms with Crippen molar-refractivity contribution in [1.82, 2.24) is 0 Å². The van der Waals surface area contributed by atoms with Crippen LogP contribution in [0.25, 0.3) is 0 Å². The zero-order valence-corrected chi connectivity index (χ0v) is 9.30. The summed E-state index contributed by atoms with van der Waals surface area (Å²) in [6.45, 7) is 2.25. The number of rotatable bonds is 4. The maximum Gasteiger partial charge on any atom is 0.141 e.